The predicted octanol–water partition coefficient (Wildman–Crippen LogP) is 5.38. The minimum Gasteiger partial charge on any atom is -0.481 e. The maximum absolute atomic E-state index is 14.0. The topological polar surface area (TPSA) is 113 Å². The lowest BCUT2D eigenvalue weighted by Gasteiger charge is -2.32. The highest BCUT2D eigenvalue weighted by Crippen LogP contribution is 2.45. The number of aromatic nitrogens is 3. The molecule has 8 nitrogen and oxygen atoms in total. The lowest BCUT2D eigenvalue weighted by atomic mass is 9.97. The standard InChI is InChI=1S/C26H23F3N4O4S/c27-26(28,29)20-21(16-5-2-1-3-6-16)32-38-22(20)24-30-23(31-37-24)17-10-8-15(9-11-17)19(34)14-33-12-4-7-18(13-33)25(35)36/h1-3,5-6,8-11,18-19,34H,4,7,12-14H2,(H,35,36)/t18?,19-/m1/s1. The number of benzene rings is 2. The van der Waals surface area contributed by atoms with E-state index in [1.54, 1.807) is 54.6 Å². The number of nitrogens with zero attached hydrogens (tertiary/aromatic N) is 4. The molecule has 4 aromatic rings. The normalized spacial score (nSPS) is 17.4. The second-order valence-corrected chi connectivity index (χ2v) is 9.87. The van der Waals surface area contributed by atoms with Gasteiger partial charge in [0.15, 0.2) is 0 Å². The van der Waals surface area contributed by atoms with Gasteiger partial charge in [0, 0.05) is 24.2 Å². The average molecular weight is 545 g/mol. The van der Waals surface area contributed by atoms with Crippen molar-refractivity contribution >= 4 is 17.5 Å². The van der Waals surface area contributed by atoms with Crippen molar-refractivity contribution in [3.05, 3.63) is 65.7 Å². The number of halogens is 3. The molecule has 0 spiro atoms. The number of hydrogen-bond acceptors (Lipinski definition) is 8. The molecule has 0 amide bonds. The minimum atomic E-state index is -4.68. The zero-order valence-corrected chi connectivity index (χ0v) is 20.7. The lowest BCUT2D eigenvalue weighted by Crippen LogP contribution is -2.40. The van der Waals surface area contributed by atoms with Gasteiger partial charge in [-0.3, -0.25) is 9.69 Å². The minimum absolute atomic E-state index is 0.101. The number of aliphatic hydroxyl groups excluding tert-OH is 1. The summed E-state index contributed by atoms with van der Waals surface area (Å²) in [7, 11) is 0. The van der Waals surface area contributed by atoms with Crippen molar-refractivity contribution in [2.24, 2.45) is 5.92 Å². The van der Waals surface area contributed by atoms with Crippen molar-refractivity contribution in [1.82, 2.24) is 19.4 Å². The van der Waals surface area contributed by atoms with Gasteiger partial charge >= 0.3 is 12.1 Å². The number of carboxylic acids is 1. The number of piperidine rings is 1. The Bertz CT molecular complexity index is 1410. The molecule has 12 heteroatoms. The van der Waals surface area contributed by atoms with Crippen molar-refractivity contribution in [3.63, 3.8) is 0 Å². The van der Waals surface area contributed by atoms with Crippen LogP contribution in [0.15, 0.2) is 59.1 Å². The Morgan fingerprint density at radius 3 is 2.55 bits per heavy atom. The molecule has 0 aliphatic carbocycles. The van der Waals surface area contributed by atoms with Crippen LogP contribution < -0.4 is 0 Å². The van der Waals surface area contributed by atoms with Gasteiger partial charge in [0.1, 0.15) is 10.4 Å². The summed E-state index contributed by atoms with van der Waals surface area (Å²) in [5, 5.41) is 23.8. The van der Waals surface area contributed by atoms with E-state index < -0.39 is 29.7 Å². The number of alkyl halides is 3. The average Bonchev–Trinajstić information content (AvgIpc) is 3.57. The Kier molecular flexibility index (Phi) is 7.28. The summed E-state index contributed by atoms with van der Waals surface area (Å²) in [6, 6.07) is 14.7. The SMILES string of the molecule is O=C(O)C1CCCN(C[C@@H](O)c2ccc(-c3noc(-c4snc(-c5ccccc5)c4C(F)(F)F)n3)cc2)C1. The van der Waals surface area contributed by atoms with E-state index in [0.717, 1.165) is 6.42 Å². The fourth-order valence-electron chi connectivity index (χ4n) is 4.55. The summed E-state index contributed by atoms with van der Waals surface area (Å²) in [6.45, 7) is 1.40. The quantitative estimate of drug-likeness (QED) is 0.319. The van der Waals surface area contributed by atoms with E-state index in [0.29, 0.717) is 54.3 Å². The first kappa shape index (κ1) is 26.0. The van der Waals surface area contributed by atoms with Gasteiger partial charge in [-0.25, -0.2) is 0 Å². The van der Waals surface area contributed by atoms with Crippen molar-refractivity contribution in [2.75, 3.05) is 19.6 Å². The van der Waals surface area contributed by atoms with Gasteiger partial charge in [-0.15, -0.1) is 0 Å². The third-order valence-electron chi connectivity index (χ3n) is 6.48. The van der Waals surface area contributed by atoms with Gasteiger partial charge < -0.3 is 14.7 Å². The highest BCUT2D eigenvalue weighted by atomic mass is 32.1. The van der Waals surface area contributed by atoms with Crippen molar-refractivity contribution < 1.29 is 32.7 Å². The van der Waals surface area contributed by atoms with Crippen LogP contribution in [0.1, 0.15) is 30.1 Å². The van der Waals surface area contributed by atoms with Gasteiger partial charge in [0.25, 0.3) is 5.89 Å². The second-order valence-electron chi connectivity index (χ2n) is 9.10. The highest BCUT2D eigenvalue weighted by molar-refractivity contribution is 7.10. The van der Waals surface area contributed by atoms with Gasteiger partial charge in [0.05, 0.1) is 17.7 Å². The maximum Gasteiger partial charge on any atom is 0.420 e. The summed E-state index contributed by atoms with van der Waals surface area (Å²) in [4.78, 5) is 17.2. The highest BCUT2D eigenvalue weighted by Gasteiger charge is 2.41. The van der Waals surface area contributed by atoms with E-state index in [-0.39, 0.29) is 22.3 Å². The van der Waals surface area contributed by atoms with E-state index in [4.69, 9.17) is 4.52 Å². The number of carbonyl (C=O) groups is 1. The molecule has 2 aromatic carbocycles. The van der Waals surface area contributed by atoms with Gasteiger partial charge in [-0.1, -0.05) is 59.8 Å². The van der Waals surface area contributed by atoms with Crippen LogP contribution in [-0.4, -0.2) is 55.2 Å². The number of likely N-dealkylation sites (tertiary alicyclic amines) is 1. The van der Waals surface area contributed by atoms with Crippen LogP contribution in [0.4, 0.5) is 13.2 Å². The number of hydrogen-bond donors (Lipinski definition) is 2. The zero-order valence-electron chi connectivity index (χ0n) is 19.9. The predicted molar refractivity (Wildman–Crippen MR) is 133 cm³/mol. The Labute approximate surface area is 219 Å². The van der Waals surface area contributed by atoms with E-state index in [1.165, 1.54) is 0 Å². The summed E-state index contributed by atoms with van der Waals surface area (Å²) < 4.78 is 51.3. The monoisotopic (exact) mass is 544 g/mol. The summed E-state index contributed by atoms with van der Waals surface area (Å²) in [6.07, 6.45) is -4.13. The molecule has 1 fully saturated rings. The molecule has 38 heavy (non-hydrogen) atoms. The van der Waals surface area contributed by atoms with Crippen LogP contribution in [-0.2, 0) is 11.0 Å². The lowest BCUT2D eigenvalue weighted by molar-refractivity contribution is -0.143. The summed E-state index contributed by atoms with van der Waals surface area (Å²) in [5.74, 6) is -1.45. The number of carboxylic acid groups (broad SMARTS) is 1. The van der Waals surface area contributed by atoms with Crippen molar-refractivity contribution in [3.8, 4) is 33.4 Å². The number of rotatable bonds is 7. The number of aliphatic carboxylic acids is 1. The molecule has 5 rings (SSSR count). The molecule has 0 radical (unpaired) electrons. The first-order valence-electron chi connectivity index (χ1n) is 11.9. The van der Waals surface area contributed by atoms with Gasteiger partial charge in [-0.05, 0) is 36.5 Å². The second kappa shape index (κ2) is 10.6. The molecule has 2 N–H and O–H groups in total. The molecule has 0 bridgehead atoms. The third-order valence-corrected chi connectivity index (χ3v) is 7.32. The molecule has 198 valence electrons. The molecule has 1 unspecified atom stereocenters. The first-order valence-corrected chi connectivity index (χ1v) is 12.7. The molecule has 1 aliphatic heterocycles. The first-order chi connectivity index (χ1) is 18.2. The van der Waals surface area contributed by atoms with Gasteiger partial charge in [0.2, 0.25) is 5.82 Å². The molecular formula is C26H23F3N4O4S. The zero-order chi connectivity index (χ0) is 26.9. The fraction of sp³-hybridized carbons (Fsp3) is 0.308. The fourth-order valence-corrected chi connectivity index (χ4v) is 5.40. The van der Waals surface area contributed by atoms with Crippen LogP contribution in [0.2, 0.25) is 0 Å². The molecule has 2 atom stereocenters. The molecule has 0 saturated carbocycles. The summed E-state index contributed by atoms with van der Waals surface area (Å²) in [5.41, 5.74) is 0.328. The van der Waals surface area contributed by atoms with E-state index in [9.17, 15) is 28.2 Å². The van der Waals surface area contributed by atoms with Crippen molar-refractivity contribution in [2.45, 2.75) is 25.1 Å². The van der Waals surface area contributed by atoms with Crippen molar-refractivity contribution in [1.29, 1.82) is 0 Å². The van der Waals surface area contributed by atoms with Crippen LogP contribution in [0.25, 0.3) is 33.4 Å². The summed E-state index contributed by atoms with van der Waals surface area (Å²) >= 11 is 0.643. The van der Waals surface area contributed by atoms with E-state index in [1.807, 2.05) is 4.90 Å². The third kappa shape index (κ3) is 5.47. The Morgan fingerprint density at radius 1 is 1.13 bits per heavy atom. The smallest absolute Gasteiger partial charge is 0.420 e. The van der Waals surface area contributed by atoms with Crippen LogP contribution in [0, 0.1) is 5.92 Å². The number of aliphatic hydroxyl groups is 1. The molecule has 2 aromatic heterocycles. The Balaban J connectivity index is 1.34. The van der Waals surface area contributed by atoms with E-state index >= 15 is 0 Å². The number of β-amino-alcohol motifs (C(OH)–C–C–N with tert-alkyl or cyclic N) is 1. The molecule has 3 heterocycles. The largest absolute Gasteiger partial charge is 0.481 e. The van der Waals surface area contributed by atoms with Crippen LogP contribution >= 0.6 is 11.5 Å². The van der Waals surface area contributed by atoms with Gasteiger partial charge in [-0.2, -0.15) is 22.5 Å². The molecule has 1 aliphatic rings. The van der Waals surface area contributed by atoms with Crippen LogP contribution in [0.5, 0.6) is 0 Å². The maximum atomic E-state index is 14.0. The Hall–Kier alpha value is -3.61. The molecule has 1 saturated heterocycles. The van der Waals surface area contributed by atoms with E-state index in [2.05, 4.69) is 14.5 Å². The van der Waals surface area contributed by atoms with Crippen LogP contribution in [0.3, 0.4) is 0 Å². The Morgan fingerprint density at radius 2 is 1.87 bits per heavy atom. The molecular weight excluding hydrogens is 521 g/mol.